The largest absolute Gasteiger partial charge is 0.496 e. The molecule has 0 fully saturated rings. The van der Waals surface area contributed by atoms with E-state index in [-0.39, 0.29) is 12.6 Å². The second-order valence-electron chi connectivity index (χ2n) is 7.98. The molecule has 10 nitrogen and oxygen atoms in total. The van der Waals surface area contributed by atoms with E-state index in [0.29, 0.717) is 39.8 Å². The summed E-state index contributed by atoms with van der Waals surface area (Å²) in [6.45, 7) is 2.49. The molecule has 0 spiro atoms. The molecule has 188 valence electrons. The molecule has 37 heavy (non-hydrogen) atoms. The van der Waals surface area contributed by atoms with Gasteiger partial charge in [-0.3, -0.25) is 4.68 Å². The van der Waals surface area contributed by atoms with Gasteiger partial charge in [-0.15, -0.1) is 0 Å². The van der Waals surface area contributed by atoms with Gasteiger partial charge < -0.3 is 14.2 Å². The normalized spacial score (nSPS) is 11.0. The Kier molecular flexibility index (Phi) is 6.74. The van der Waals surface area contributed by atoms with Gasteiger partial charge in [-0.1, -0.05) is 41.9 Å². The summed E-state index contributed by atoms with van der Waals surface area (Å²) in [5.41, 5.74) is 4.32. The van der Waals surface area contributed by atoms with E-state index in [1.165, 1.54) is 24.2 Å². The Labute approximate surface area is 217 Å². The quantitative estimate of drug-likeness (QED) is 0.275. The van der Waals surface area contributed by atoms with Gasteiger partial charge in [0.2, 0.25) is 5.88 Å². The van der Waals surface area contributed by atoms with Crippen LogP contribution in [0, 0.1) is 0 Å². The molecule has 0 unspecified atom stereocenters. The van der Waals surface area contributed by atoms with Crippen molar-refractivity contribution in [3.63, 3.8) is 0 Å². The second-order valence-corrected chi connectivity index (χ2v) is 8.38. The number of methoxy groups -OCH3 is 2. The Morgan fingerprint density at radius 2 is 1.81 bits per heavy atom. The molecule has 3 aromatic heterocycles. The van der Waals surface area contributed by atoms with Gasteiger partial charge in [-0.2, -0.15) is 15.2 Å². The smallest absolute Gasteiger partial charge is 0.341 e. The fourth-order valence-electron chi connectivity index (χ4n) is 3.97. The van der Waals surface area contributed by atoms with Crippen LogP contribution in [-0.2, 0) is 11.3 Å². The fraction of sp³-hybridized carbons (Fsp3) is 0.192. The van der Waals surface area contributed by atoms with E-state index in [2.05, 4.69) is 20.2 Å². The van der Waals surface area contributed by atoms with Gasteiger partial charge in [0, 0.05) is 11.8 Å². The third-order valence-corrected chi connectivity index (χ3v) is 6.02. The maximum absolute atomic E-state index is 12.0. The van der Waals surface area contributed by atoms with Gasteiger partial charge in [-0.05, 0) is 30.2 Å². The number of fused-ring (bicyclic) bond motifs is 1. The van der Waals surface area contributed by atoms with E-state index in [1.807, 2.05) is 42.5 Å². The van der Waals surface area contributed by atoms with Crippen LogP contribution in [-0.4, -0.2) is 56.3 Å². The second kappa shape index (κ2) is 10.3. The number of carbonyl (C=O) groups is 1. The van der Waals surface area contributed by atoms with Crippen LogP contribution in [0.25, 0.3) is 28.1 Å². The van der Waals surface area contributed by atoms with Crippen LogP contribution in [0.15, 0.2) is 61.1 Å². The zero-order valence-corrected chi connectivity index (χ0v) is 21.1. The summed E-state index contributed by atoms with van der Waals surface area (Å²) in [5, 5.41) is 9.31. The highest BCUT2D eigenvalue weighted by molar-refractivity contribution is 6.33. The number of halogens is 1. The van der Waals surface area contributed by atoms with Crippen molar-refractivity contribution < 1.29 is 19.0 Å². The van der Waals surface area contributed by atoms with E-state index in [9.17, 15) is 4.79 Å². The number of nitrogens with zero attached hydrogens (tertiary/aromatic N) is 6. The van der Waals surface area contributed by atoms with Crippen molar-refractivity contribution in [2.45, 2.75) is 13.5 Å². The summed E-state index contributed by atoms with van der Waals surface area (Å²) >= 11 is 6.43. The van der Waals surface area contributed by atoms with Gasteiger partial charge in [0.25, 0.3) is 5.95 Å². The van der Waals surface area contributed by atoms with E-state index < -0.39 is 5.97 Å². The molecule has 0 N–H and O–H groups in total. The lowest BCUT2D eigenvalue weighted by Gasteiger charge is -2.12. The molecule has 5 aromatic rings. The van der Waals surface area contributed by atoms with Crippen molar-refractivity contribution in [2.75, 3.05) is 20.8 Å². The molecule has 2 aromatic carbocycles. The summed E-state index contributed by atoms with van der Waals surface area (Å²) in [4.78, 5) is 21.0. The van der Waals surface area contributed by atoms with Gasteiger partial charge in [0.1, 0.15) is 16.8 Å². The van der Waals surface area contributed by atoms with Crippen molar-refractivity contribution in [2.24, 2.45) is 0 Å². The first-order valence-corrected chi connectivity index (χ1v) is 11.8. The van der Waals surface area contributed by atoms with Crippen LogP contribution in [0.1, 0.15) is 22.8 Å². The standard InChI is InChI=1S/C26H23ClN6O4/c1-4-37-25(34)18-12-28-33(15-18)26-30-20-13-29-32(23(20)24(31-26)36-3)14-16-8-10-17(11-9-16)22-19(27)6-5-7-21(22)35-2/h5-13,15H,4,14H2,1-3H3. The van der Waals surface area contributed by atoms with Crippen LogP contribution in [0.3, 0.4) is 0 Å². The minimum Gasteiger partial charge on any atom is -0.496 e. The number of aromatic nitrogens is 6. The van der Waals surface area contributed by atoms with E-state index in [0.717, 1.165) is 16.7 Å². The van der Waals surface area contributed by atoms with Crippen LogP contribution < -0.4 is 9.47 Å². The average Bonchev–Trinajstić information content (AvgIpc) is 3.57. The van der Waals surface area contributed by atoms with Crippen LogP contribution in [0.5, 0.6) is 11.6 Å². The molecule has 0 saturated heterocycles. The maximum Gasteiger partial charge on any atom is 0.341 e. The highest BCUT2D eigenvalue weighted by Gasteiger charge is 2.18. The highest BCUT2D eigenvalue weighted by Crippen LogP contribution is 2.36. The molecule has 11 heteroatoms. The van der Waals surface area contributed by atoms with Crippen molar-refractivity contribution in [3.05, 3.63) is 77.2 Å². The number of carbonyl (C=O) groups excluding carboxylic acids is 1. The Bertz CT molecular complexity index is 1580. The Morgan fingerprint density at radius 1 is 1.00 bits per heavy atom. The topological polar surface area (TPSA) is 106 Å². The summed E-state index contributed by atoms with van der Waals surface area (Å²) in [6, 6.07) is 13.6. The third-order valence-electron chi connectivity index (χ3n) is 5.71. The van der Waals surface area contributed by atoms with Crippen LogP contribution in [0.2, 0.25) is 5.02 Å². The predicted molar refractivity (Wildman–Crippen MR) is 137 cm³/mol. The van der Waals surface area contributed by atoms with Gasteiger partial charge >= 0.3 is 5.97 Å². The lowest BCUT2D eigenvalue weighted by atomic mass is 10.0. The van der Waals surface area contributed by atoms with Gasteiger partial charge in [0.05, 0.1) is 50.4 Å². The number of hydrogen-bond acceptors (Lipinski definition) is 8. The molecule has 0 bridgehead atoms. The summed E-state index contributed by atoms with van der Waals surface area (Å²) in [7, 11) is 3.15. The van der Waals surface area contributed by atoms with Crippen molar-refractivity contribution in [1.82, 2.24) is 29.5 Å². The van der Waals surface area contributed by atoms with E-state index in [4.69, 9.17) is 25.8 Å². The maximum atomic E-state index is 12.0. The zero-order valence-electron chi connectivity index (χ0n) is 20.4. The minimum absolute atomic E-state index is 0.248. The van der Waals surface area contributed by atoms with Crippen LogP contribution >= 0.6 is 11.6 Å². The molecular formula is C26H23ClN6O4. The first-order chi connectivity index (χ1) is 18.0. The molecule has 0 saturated carbocycles. The van der Waals surface area contributed by atoms with Crippen molar-refractivity contribution in [3.8, 4) is 28.7 Å². The molecular weight excluding hydrogens is 496 g/mol. The van der Waals surface area contributed by atoms with Gasteiger partial charge in [-0.25, -0.2) is 14.5 Å². The highest BCUT2D eigenvalue weighted by atomic mass is 35.5. The van der Waals surface area contributed by atoms with E-state index >= 15 is 0 Å². The molecule has 3 heterocycles. The fourth-order valence-corrected chi connectivity index (χ4v) is 4.25. The van der Waals surface area contributed by atoms with Crippen molar-refractivity contribution >= 4 is 28.6 Å². The number of hydrogen-bond donors (Lipinski definition) is 0. The average molecular weight is 519 g/mol. The van der Waals surface area contributed by atoms with Crippen LogP contribution in [0.4, 0.5) is 0 Å². The number of rotatable bonds is 8. The molecule has 5 rings (SSSR count). The summed E-state index contributed by atoms with van der Waals surface area (Å²) in [5.74, 6) is 0.830. The van der Waals surface area contributed by atoms with E-state index in [1.54, 1.807) is 24.9 Å². The molecule has 0 aliphatic heterocycles. The predicted octanol–water partition coefficient (Wildman–Crippen LogP) is 4.57. The third kappa shape index (κ3) is 4.70. The zero-order chi connectivity index (χ0) is 25.9. The summed E-state index contributed by atoms with van der Waals surface area (Å²) < 4.78 is 19.2. The Balaban J connectivity index is 1.44. The summed E-state index contributed by atoms with van der Waals surface area (Å²) in [6.07, 6.45) is 4.56. The number of benzene rings is 2. The molecule has 0 aliphatic rings. The lowest BCUT2D eigenvalue weighted by molar-refractivity contribution is 0.0526. The first kappa shape index (κ1) is 24.3. The monoisotopic (exact) mass is 518 g/mol. The molecule has 0 radical (unpaired) electrons. The SMILES string of the molecule is CCOC(=O)c1cnn(-c2nc(OC)c3c(cnn3Cc3ccc(-c4c(Cl)cccc4OC)cc3)n2)c1. The molecule has 0 aliphatic carbocycles. The van der Waals surface area contributed by atoms with Gasteiger partial charge in [0.15, 0.2) is 0 Å². The lowest BCUT2D eigenvalue weighted by Crippen LogP contribution is -2.07. The Morgan fingerprint density at radius 3 is 2.54 bits per heavy atom. The van der Waals surface area contributed by atoms with Crippen molar-refractivity contribution in [1.29, 1.82) is 0 Å². The Hall–Kier alpha value is -4.44. The number of esters is 1. The number of ether oxygens (including phenoxy) is 3. The molecule has 0 atom stereocenters. The first-order valence-electron chi connectivity index (χ1n) is 11.4. The molecule has 0 amide bonds. The minimum atomic E-state index is -0.464.